The Morgan fingerprint density at radius 2 is 0.839 bits per heavy atom. The minimum absolute atomic E-state index is 0.640. The zero-order valence-corrected chi connectivity index (χ0v) is 31.0. The molecule has 0 radical (unpaired) electrons. The molecule has 0 aliphatic carbocycles. The molecule has 5 heteroatoms. The van der Waals surface area contributed by atoms with Gasteiger partial charge in [-0.3, -0.25) is 0 Å². The van der Waals surface area contributed by atoms with Gasteiger partial charge >= 0.3 is 0 Å². The highest BCUT2D eigenvalue weighted by molar-refractivity contribution is 7.26. The molecular formula is C51H32N4S. The van der Waals surface area contributed by atoms with Crippen LogP contribution in [0.4, 0.5) is 0 Å². The molecule has 0 saturated heterocycles. The molecule has 0 bridgehead atoms. The van der Waals surface area contributed by atoms with Gasteiger partial charge in [0, 0.05) is 53.3 Å². The molecule has 3 aromatic heterocycles. The van der Waals surface area contributed by atoms with Crippen LogP contribution in [0.3, 0.4) is 0 Å². The third-order valence-electron chi connectivity index (χ3n) is 10.7. The molecular weight excluding hydrogens is 701 g/mol. The second-order valence-electron chi connectivity index (χ2n) is 14.0. The first-order chi connectivity index (χ1) is 27.7. The van der Waals surface area contributed by atoms with Crippen molar-refractivity contribution in [2.45, 2.75) is 0 Å². The van der Waals surface area contributed by atoms with Gasteiger partial charge in [0.15, 0.2) is 17.5 Å². The summed E-state index contributed by atoms with van der Waals surface area (Å²) in [4.78, 5) is 15.5. The molecule has 4 nitrogen and oxygen atoms in total. The first-order valence-electron chi connectivity index (χ1n) is 18.8. The van der Waals surface area contributed by atoms with Gasteiger partial charge in [-0.15, -0.1) is 11.3 Å². The molecule has 0 fully saturated rings. The van der Waals surface area contributed by atoms with Crippen LogP contribution in [-0.2, 0) is 0 Å². The molecule has 0 amide bonds. The molecule has 0 N–H and O–H groups in total. The zero-order valence-electron chi connectivity index (χ0n) is 30.2. The van der Waals surface area contributed by atoms with Gasteiger partial charge in [-0.05, 0) is 64.7 Å². The molecule has 11 aromatic rings. The summed E-state index contributed by atoms with van der Waals surface area (Å²) in [5.74, 6) is 1.95. The summed E-state index contributed by atoms with van der Waals surface area (Å²) in [6, 6.07) is 68.6. The van der Waals surface area contributed by atoms with Crippen LogP contribution < -0.4 is 0 Å². The van der Waals surface area contributed by atoms with E-state index in [0.717, 1.165) is 44.6 Å². The lowest BCUT2D eigenvalue weighted by Crippen LogP contribution is -2.00. The van der Waals surface area contributed by atoms with Crippen molar-refractivity contribution in [3.05, 3.63) is 194 Å². The van der Waals surface area contributed by atoms with Crippen LogP contribution in [0, 0.1) is 0 Å². The summed E-state index contributed by atoms with van der Waals surface area (Å²) >= 11 is 1.78. The smallest absolute Gasteiger partial charge is 0.165 e. The first kappa shape index (κ1) is 32.2. The SMILES string of the molecule is c1ccc(-c2cccc(-c3nc(-c4ccc(-c5ccc(-n6c7ccccc7c7ccccc76)cc5)cc4)nc(-c4cccc5c4sc4ccccc45)n3)c2)cc1. The number of rotatable bonds is 6. The van der Waals surface area contributed by atoms with Crippen molar-refractivity contribution in [3.8, 4) is 62.1 Å². The fourth-order valence-electron chi connectivity index (χ4n) is 7.96. The summed E-state index contributed by atoms with van der Waals surface area (Å²) in [5.41, 5.74) is 11.0. The molecule has 3 heterocycles. The number of nitrogens with zero attached hydrogens (tertiary/aromatic N) is 4. The van der Waals surface area contributed by atoms with E-state index in [0.29, 0.717) is 17.5 Å². The van der Waals surface area contributed by atoms with Crippen molar-refractivity contribution in [2.24, 2.45) is 0 Å². The highest BCUT2D eigenvalue weighted by Crippen LogP contribution is 2.40. The normalized spacial score (nSPS) is 11.6. The van der Waals surface area contributed by atoms with Crippen molar-refractivity contribution in [1.29, 1.82) is 0 Å². The number of benzene rings is 8. The molecule has 262 valence electrons. The van der Waals surface area contributed by atoms with Crippen molar-refractivity contribution < 1.29 is 0 Å². The summed E-state index contributed by atoms with van der Waals surface area (Å²) < 4.78 is 4.77. The maximum atomic E-state index is 5.17. The second kappa shape index (κ2) is 13.3. The molecule has 0 aliphatic heterocycles. The van der Waals surface area contributed by atoms with Crippen molar-refractivity contribution >= 4 is 53.3 Å². The van der Waals surface area contributed by atoms with Gasteiger partial charge in [0.2, 0.25) is 0 Å². The predicted molar refractivity (Wildman–Crippen MR) is 234 cm³/mol. The van der Waals surface area contributed by atoms with E-state index in [1.54, 1.807) is 11.3 Å². The Kier molecular flexibility index (Phi) is 7.64. The average molecular weight is 733 g/mol. The van der Waals surface area contributed by atoms with Crippen LogP contribution in [0.15, 0.2) is 194 Å². The van der Waals surface area contributed by atoms with Gasteiger partial charge in [0.1, 0.15) is 0 Å². The zero-order chi connectivity index (χ0) is 37.0. The lowest BCUT2D eigenvalue weighted by atomic mass is 10.0. The Labute approximate surface area is 327 Å². The van der Waals surface area contributed by atoms with Gasteiger partial charge < -0.3 is 4.57 Å². The first-order valence-corrected chi connectivity index (χ1v) is 19.6. The molecule has 56 heavy (non-hydrogen) atoms. The maximum absolute atomic E-state index is 5.17. The lowest BCUT2D eigenvalue weighted by Gasteiger charge is -2.11. The Hall–Kier alpha value is -7.21. The van der Waals surface area contributed by atoms with Gasteiger partial charge in [-0.25, -0.2) is 15.0 Å². The van der Waals surface area contributed by atoms with Crippen LogP contribution in [-0.4, -0.2) is 19.5 Å². The number of hydrogen-bond donors (Lipinski definition) is 0. The van der Waals surface area contributed by atoms with Crippen LogP contribution in [0.2, 0.25) is 0 Å². The van der Waals surface area contributed by atoms with E-state index >= 15 is 0 Å². The van der Waals surface area contributed by atoms with E-state index < -0.39 is 0 Å². The molecule has 0 aliphatic rings. The highest BCUT2D eigenvalue weighted by Gasteiger charge is 2.17. The van der Waals surface area contributed by atoms with Crippen LogP contribution in [0.5, 0.6) is 0 Å². The third-order valence-corrected chi connectivity index (χ3v) is 11.9. The van der Waals surface area contributed by atoms with Crippen LogP contribution in [0.1, 0.15) is 0 Å². The summed E-state index contributed by atoms with van der Waals surface area (Å²) in [6.07, 6.45) is 0. The average Bonchev–Trinajstić information content (AvgIpc) is 3.83. The largest absolute Gasteiger partial charge is 0.309 e. The van der Waals surface area contributed by atoms with Crippen LogP contribution >= 0.6 is 11.3 Å². The minimum atomic E-state index is 0.640. The Balaban J connectivity index is 0.996. The summed E-state index contributed by atoms with van der Waals surface area (Å²) in [5, 5.41) is 4.98. The van der Waals surface area contributed by atoms with E-state index in [1.165, 1.54) is 42.0 Å². The number of aromatic nitrogens is 4. The molecule has 0 atom stereocenters. The second-order valence-corrected chi connectivity index (χ2v) is 15.1. The lowest BCUT2D eigenvalue weighted by molar-refractivity contribution is 1.08. The molecule has 0 saturated carbocycles. The van der Waals surface area contributed by atoms with Gasteiger partial charge in [0.05, 0.1) is 11.0 Å². The van der Waals surface area contributed by atoms with E-state index in [1.807, 2.05) is 6.07 Å². The van der Waals surface area contributed by atoms with E-state index in [9.17, 15) is 0 Å². The Morgan fingerprint density at radius 1 is 0.339 bits per heavy atom. The van der Waals surface area contributed by atoms with E-state index in [-0.39, 0.29) is 0 Å². The maximum Gasteiger partial charge on any atom is 0.165 e. The monoisotopic (exact) mass is 732 g/mol. The predicted octanol–water partition coefficient (Wildman–Crippen LogP) is 13.7. The summed E-state index contributed by atoms with van der Waals surface area (Å²) in [6.45, 7) is 0. The molecule has 8 aromatic carbocycles. The third kappa shape index (κ3) is 5.48. The van der Waals surface area contributed by atoms with Gasteiger partial charge in [-0.1, -0.05) is 152 Å². The van der Waals surface area contributed by atoms with E-state index in [4.69, 9.17) is 15.0 Å². The van der Waals surface area contributed by atoms with E-state index in [2.05, 4.69) is 193 Å². The molecule has 11 rings (SSSR count). The standard InChI is InChI=1S/C51H32N4S/c1-2-12-33(13-3-1)37-14-10-15-38(32-37)50-52-49(53-51(54-50)44-20-11-19-43-42-18-6-9-23-47(42)56-48(43)44)36-26-24-34(25-27-36)35-28-30-39(31-29-35)55-45-21-7-4-16-40(45)41-17-5-8-22-46(41)55/h1-32H. The fraction of sp³-hybridized carbons (Fsp3) is 0. The van der Waals surface area contributed by atoms with Gasteiger partial charge in [-0.2, -0.15) is 0 Å². The number of hydrogen-bond acceptors (Lipinski definition) is 4. The quantitative estimate of drug-likeness (QED) is 0.171. The number of thiophene rings is 1. The highest BCUT2D eigenvalue weighted by atomic mass is 32.1. The van der Waals surface area contributed by atoms with Gasteiger partial charge in [0.25, 0.3) is 0 Å². The number of fused-ring (bicyclic) bond motifs is 6. The topological polar surface area (TPSA) is 43.6 Å². The Morgan fingerprint density at radius 3 is 1.57 bits per heavy atom. The van der Waals surface area contributed by atoms with Crippen molar-refractivity contribution in [2.75, 3.05) is 0 Å². The van der Waals surface area contributed by atoms with Crippen molar-refractivity contribution in [1.82, 2.24) is 19.5 Å². The molecule has 0 spiro atoms. The number of para-hydroxylation sites is 2. The summed E-state index contributed by atoms with van der Waals surface area (Å²) in [7, 11) is 0. The fourth-order valence-corrected chi connectivity index (χ4v) is 9.17. The Bertz CT molecular complexity index is 3180. The van der Waals surface area contributed by atoms with Crippen molar-refractivity contribution in [3.63, 3.8) is 0 Å². The van der Waals surface area contributed by atoms with Crippen LogP contribution in [0.25, 0.3) is 104 Å². The molecule has 0 unspecified atom stereocenters. The minimum Gasteiger partial charge on any atom is -0.309 e.